The van der Waals surface area contributed by atoms with Gasteiger partial charge in [0, 0.05) is 42.5 Å². The van der Waals surface area contributed by atoms with Crippen molar-refractivity contribution in [1.82, 2.24) is 24.3 Å². The number of hydrogen-bond acceptors (Lipinski definition) is 5. The van der Waals surface area contributed by atoms with Gasteiger partial charge in [-0.2, -0.15) is 0 Å². The minimum Gasteiger partial charge on any atom is -0.352 e. The molecule has 2 aromatic carbocycles. The number of nitrogens with one attached hydrogen (secondary N) is 1. The molecular weight excluding hydrogens is 595 g/mol. The molecule has 0 saturated carbocycles. The van der Waals surface area contributed by atoms with Crippen molar-refractivity contribution in [1.29, 1.82) is 0 Å². The Kier molecular flexibility index (Phi) is 8.86. The second-order valence-corrected chi connectivity index (χ2v) is 13.1. The molecule has 2 amide bonds. The van der Waals surface area contributed by atoms with Crippen LogP contribution in [0, 0.1) is 17.6 Å². The first kappa shape index (κ1) is 32.1. The van der Waals surface area contributed by atoms with Gasteiger partial charge in [0.05, 0.1) is 41.4 Å². The SMILES string of the molecule is CCC(N)C(=O)N1CCCC1Cc1c(-c2nc3cc(F)ccc3n2C[C@@H]2C[C@H](F)CN2C(=O)C(N)C(C)C)[nH]c2cc(F)ccc12. The van der Waals surface area contributed by atoms with E-state index in [2.05, 4.69) is 4.98 Å². The molecule has 0 bridgehead atoms. The molecule has 2 aliphatic heterocycles. The third-order valence-corrected chi connectivity index (χ3v) is 9.70. The number of halogens is 3. The van der Waals surface area contributed by atoms with Gasteiger partial charge in [-0.25, -0.2) is 18.2 Å². The number of H-pyrrole nitrogens is 1. The molecule has 4 heterocycles. The Morgan fingerprint density at radius 3 is 2.52 bits per heavy atom. The maximum absolute atomic E-state index is 14.9. The fraction of sp³-hybridized carbons (Fsp3) is 0.500. The zero-order valence-corrected chi connectivity index (χ0v) is 26.5. The number of aromatic nitrogens is 3. The summed E-state index contributed by atoms with van der Waals surface area (Å²) in [5.41, 5.74) is 15.4. The number of likely N-dealkylation sites (tertiary alicyclic amines) is 2. The van der Waals surface area contributed by atoms with Crippen LogP contribution in [0.15, 0.2) is 36.4 Å². The molecule has 0 aliphatic carbocycles. The largest absolute Gasteiger partial charge is 0.352 e. The Balaban J connectivity index is 1.46. The standard InChI is InChI=1S/C34H42F3N7O2/c1-4-26(38)33(45)42-11-5-6-22(42)15-25-24-9-7-19(35)13-27(24)40-31(25)32-41-28-14-20(36)8-10-29(28)44(32)17-23-12-21(37)16-43(23)34(46)30(39)18(2)3/h7-10,13-14,18,21-23,26,30,40H,4-6,11-12,15-17,38-39H2,1-3H3/t21-,22?,23-,26?,30?/m0/s1. The minimum absolute atomic E-state index is 0.0527. The molecule has 12 heteroatoms. The van der Waals surface area contributed by atoms with E-state index in [1.165, 1.54) is 29.2 Å². The van der Waals surface area contributed by atoms with Crippen LogP contribution < -0.4 is 11.5 Å². The molecular formula is C34H42F3N7O2. The van der Waals surface area contributed by atoms with Crippen molar-refractivity contribution >= 4 is 33.8 Å². The van der Waals surface area contributed by atoms with Gasteiger partial charge < -0.3 is 30.8 Å². The van der Waals surface area contributed by atoms with Crippen LogP contribution in [0.3, 0.4) is 0 Å². The fourth-order valence-electron chi connectivity index (χ4n) is 7.06. The molecule has 3 unspecified atom stereocenters. The van der Waals surface area contributed by atoms with E-state index in [1.807, 2.05) is 30.2 Å². The highest BCUT2D eigenvalue weighted by molar-refractivity contribution is 5.92. The van der Waals surface area contributed by atoms with E-state index >= 15 is 0 Å². The summed E-state index contributed by atoms with van der Waals surface area (Å²) in [6.45, 7) is 6.33. The third-order valence-electron chi connectivity index (χ3n) is 9.70. The number of carbonyl (C=O) groups is 2. The molecule has 0 spiro atoms. The zero-order chi connectivity index (χ0) is 32.9. The maximum Gasteiger partial charge on any atom is 0.240 e. The van der Waals surface area contributed by atoms with Crippen molar-refractivity contribution in [3.63, 3.8) is 0 Å². The molecule has 0 radical (unpaired) electrons. The van der Waals surface area contributed by atoms with Crippen LogP contribution in [0.2, 0.25) is 0 Å². The van der Waals surface area contributed by atoms with E-state index in [-0.39, 0.29) is 43.3 Å². The number of nitrogens with zero attached hydrogens (tertiary/aromatic N) is 4. The normalized spacial score (nSPS) is 21.6. The summed E-state index contributed by atoms with van der Waals surface area (Å²) >= 11 is 0. The molecule has 246 valence electrons. The number of rotatable bonds is 9. The van der Waals surface area contributed by atoms with Gasteiger partial charge in [0.2, 0.25) is 11.8 Å². The summed E-state index contributed by atoms with van der Waals surface area (Å²) in [6, 6.07) is 6.83. The Morgan fingerprint density at radius 2 is 1.78 bits per heavy atom. The Hall–Kier alpha value is -3.90. The van der Waals surface area contributed by atoms with E-state index in [0.717, 1.165) is 23.8 Å². The third kappa shape index (κ3) is 5.88. The summed E-state index contributed by atoms with van der Waals surface area (Å²) in [5.74, 6) is -0.940. The fourth-order valence-corrected chi connectivity index (χ4v) is 7.06. The van der Waals surface area contributed by atoms with Crippen LogP contribution in [0.1, 0.15) is 52.0 Å². The second-order valence-electron chi connectivity index (χ2n) is 13.1. The molecule has 5 atom stereocenters. The lowest BCUT2D eigenvalue weighted by Gasteiger charge is -2.29. The summed E-state index contributed by atoms with van der Waals surface area (Å²) in [6.07, 6.45) is 1.53. The Labute approximate surface area is 266 Å². The van der Waals surface area contributed by atoms with Crippen LogP contribution in [0.5, 0.6) is 0 Å². The average Bonchev–Trinajstić information content (AvgIpc) is 3.80. The molecule has 2 aromatic heterocycles. The van der Waals surface area contributed by atoms with Gasteiger partial charge in [0.25, 0.3) is 0 Å². The number of aromatic amines is 1. The van der Waals surface area contributed by atoms with E-state index in [9.17, 15) is 22.8 Å². The lowest BCUT2D eigenvalue weighted by Crippen LogP contribution is -2.49. The quantitative estimate of drug-likeness (QED) is 0.246. The molecule has 46 heavy (non-hydrogen) atoms. The van der Waals surface area contributed by atoms with Gasteiger partial charge in [-0.05, 0) is 67.5 Å². The van der Waals surface area contributed by atoms with Crippen molar-refractivity contribution in [2.24, 2.45) is 17.4 Å². The first-order valence-corrected chi connectivity index (χ1v) is 16.2. The van der Waals surface area contributed by atoms with Crippen LogP contribution in [0.25, 0.3) is 33.5 Å². The monoisotopic (exact) mass is 637 g/mol. The van der Waals surface area contributed by atoms with Gasteiger partial charge in [-0.3, -0.25) is 9.59 Å². The number of nitrogens with two attached hydrogens (primary N) is 2. The van der Waals surface area contributed by atoms with Crippen molar-refractivity contribution in [2.45, 2.75) is 89.8 Å². The molecule has 9 nitrogen and oxygen atoms in total. The molecule has 4 aromatic rings. The van der Waals surface area contributed by atoms with E-state index in [1.54, 1.807) is 12.1 Å². The van der Waals surface area contributed by atoms with Crippen molar-refractivity contribution in [2.75, 3.05) is 13.1 Å². The second kappa shape index (κ2) is 12.7. The van der Waals surface area contributed by atoms with Gasteiger partial charge in [-0.15, -0.1) is 0 Å². The summed E-state index contributed by atoms with van der Waals surface area (Å²) in [7, 11) is 0. The highest BCUT2D eigenvalue weighted by Crippen LogP contribution is 2.37. The zero-order valence-electron chi connectivity index (χ0n) is 26.5. The smallest absolute Gasteiger partial charge is 0.240 e. The number of alkyl halides is 1. The first-order chi connectivity index (χ1) is 22.0. The molecule has 5 N–H and O–H groups in total. The summed E-state index contributed by atoms with van der Waals surface area (Å²) in [4.78, 5) is 38.2. The predicted molar refractivity (Wildman–Crippen MR) is 171 cm³/mol. The minimum atomic E-state index is -1.21. The summed E-state index contributed by atoms with van der Waals surface area (Å²) < 4.78 is 45.8. The van der Waals surface area contributed by atoms with E-state index in [4.69, 9.17) is 16.5 Å². The van der Waals surface area contributed by atoms with Crippen LogP contribution in [-0.4, -0.2) is 79.6 Å². The Morgan fingerprint density at radius 1 is 1.04 bits per heavy atom. The van der Waals surface area contributed by atoms with Crippen LogP contribution in [0.4, 0.5) is 13.2 Å². The highest BCUT2D eigenvalue weighted by atomic mass is 19.1. The number of amides is 2. The van der Waals surface area contributed by atoms with E-state index in [0.29, 0.717) is 47.5 Å². The lowest BCUT2D eigenvalue weighted by atomic mass is 9.99. The van der Waals surface area contributed by atoms with Crippen LogP contribution >= 0.6 is 0 Å². The molecule has 2 saturated heterocycles. The molecule has 2 aliphatic rings. The lowest BCUT2D eigenvalue weighted by molar-refractivity contribution is -0.135. The molecule has 2 fully saturated rings. The highest BCUT2D eigenvalue weighted by Gasteiger charge is 2.39. The van der Waals surface area contributed by atoms with Crippen LogP contribution in [-0.2, 0) is 22.6 Å². The Bertz CT molecular complexity index is 1770. The van der Waals surface area contributed by atoms with Gasteiger partial charge in [0.1, 0.15) is 17.8 Å². The van der Waals surface area contributed by atoms with Crippen molar-refractivity contribution in [3.05, 3.63) is 53.6 Å². The maximum atomic E-state index is 14.9. The number of benzene rings is 2. The molecule has 6 rings (SSSR count). The first-order valence-electron chi connectivity index (χ1n) is 16.2. The van der Waals surface area contributed by atoms with Crippen molar-refractivity contribution in [3.8, 4) is 11.5 Å². The number of fused-ring (bicyclic) bond motifs is 2. The number of imidazole rings is 1. The number of carbonyl (C=O) groups excluding carboxylic acids is 2. The average molecular weight is 638 g/mol. The van der Waals surface area contributed by atoms with E-state index < -0.39 is 35.9 Å². The number of hydrogen-bond donors (Lipinski definition) is 3. The van der Waals surface area contributed by atoms with Gasteiger partial charge >= 0.3 is 0 Å². The van der Waals surface area contributed by atoms with Crippen molar-refractivity contribution < 1.29 is 22.8 Å². The van der Waals surface area contributed by atoms with Gasteiger partial charge in [0.15, 0.2) is 5.82 Å². The topological polar surface area (TPSA) is 126 Å². The predicted octanol–water partition coefficient (Wildman–Crippen LogP) is 4.66. The summed E-state index contributed by atoms with van der Waals surface area (Å²) in [5, 5.41) is 0.782. The van der Waals surface area contributed by atoms with Gasteiger partial charge in [-0.1, -0.05) is 20.8 Å².